The Morgan fingerprint density at radius 2 is 1.91 bits per heavy atom. The number of rotatable bonds is 4. The molecule has 1 aromatic rings. The molecule has 0 saturated carbocycles. The van der Waals surface area contributed by atoms with Gasteiger partial charge in [0.2, 0.25) is 0 Å². The predicted molar refractivity (Wildman–Crippen MR) is 88.6 cm³/mol. The Kier molecular flexibility index (Phi) is 4.11. The Bertz CT molecular complexity index is 661. The van der Waals surface area contributed by atoms with Gasteiger partial charge in [-0.3, -0.25) is 4.79 Å². The van der Waals surface area contributed by atoms with E-state index >= 15 is 0 Å². The number of aryl methyl sites for hydroxylation is 1. The van der Waals surface area contributed by atoms with Crippen LogP contribution in [0.15, 0.2) is 35.5 Å². The fourth-order valence-electron chi connectivity index (χ4n) is 3.03. The van der Waals surface area contributed by atoms with E-state index in [4.69, 9.17) is 0 Å². The van der Waals surface area contributed by atoms with Crippen LogP contribution in [0.25, 0.3) is 0 Å². The number of carbonyl (C=O) groups is 2. The van der Waals surface area contributed by atoms with Crippen molar-refractivity contribution in [3.05, 3.63) is 46.7 Å². The lowest BCUT2D eigenvalue weighted by atomic mass is 9.95. The molecule has 0 unspecified atom stereocenters. The van der Waals surface area contributed by atoms with Crippen molar-refractivity contribution in [3.8, 4) is 0 Å². The van der Waals surface area contributed by atoms with Gasteiger partial charge in [0.25, 0.3) is 5.91 Å². The Balaban J connectivity index is 1.87. The van der Waals surface area contributed by atoms with Gasteiger partial charge in [-0.25, -0.2) is 4.79 Å². The smallest absolute Gasteiger partial charge is 0.319 e. The van der Waals surface area contributed by atoms with Gasteiger partial charge in [-0.05, 0) is 24.8 Å². The van der Waals surface area contributed by atoms with Crippen molar-refractivity contribution in [1.82, 2.24) is 15.5 Å². The molecule has 0 bridgehead atoms. The maximum absolute atomic E-state index is 12.8. The van der Waals surface area contributed by atoms with Crippen molar-refractivity contribution in [2.45, 2.75) is 33.2 Å². The molecule has 23 heavy (non-hydrogen) atoms. The number of urea groups is 1. The normalized spacial score (nSPS) is 20.7. The third-order valence-corrected chi connectivity index (χ3v) is 4.41. The molecule has 2 aliphatic heterocycles. The lowest BCUT2D eigenvalue weighted by Crippen LogP contribution is -2.44. The second-order valence-electron chi connectivity index (χ2n) is 6.74. The van der Waals surface area contributed by atoms with Gasteiger partial charge in [-0.2, -0.15) is 0 Å². The predicted octanol–water partition coefficient (Wildman–Crippen LogP) is 2.49. The van der Waals surface area contributed by atoms with Crippen LogP contribution in [0.1, 0.15) is 37.4 Å². The van der Waals surface area contributed by atoms with E-state index in [-0.39, 0.29) is 18.0 Å². The highest BCUT2D eigenvalue weighted by atomic mass is 16.2. The number of nitrogens with zero attached hydrogens (tertiary/aromatic N) is 1. The molecule has 2 heterocycles. The van der Waals surface area contributed by atoms with Crippen molar-refractivity contribution in [3.63, 3.8) is 0 Å². The molecule has 5 nitrogen and oxygen atoms in total. The van der Waals surface area contributed by atoms with Crippen molar-refractivity contribution >= 4 is 11.9 Å². The monoisotopic (exact) mass is 313 g/mol. The minimum Gasteiger partial charge on any atom is -0.333 e. The van der Waals surface area contributed by atoms with E-state index in [2.05, 4.69) is 24.5 Å². The summed E-state index contributed by atoms with van der Waals surface area (Å²) in [7, 11) is 0. The first kappa shape index (κ1) is 15.6. The fourth-order valence-corrected chi connectivity index (χ4v) is 3.03. The molecular weight excluding hydrogens is 290 g/mol. The highest BCUT2D eigenvalue weighted by Gasteiger charge is 2.40. The molecular formula is C18H23N3O2. The minimum atomic E-state index is -0.365. The second kappa shape index (κ2) is 6.07. The van der Waals surface area contributed by atoms with Crippen LogP contribution in [0.3, 0.4) is 0 Å². The average molecular weight is 313 g/mol. The molecule has 0 saturated heterocycles. The van der Waals surface area contributed by atoms with E-state index in [1.54, 1.807) is 0 Å². The van der Waals surface area contributed by atoms with Crippen molar-refractivity contribution in [1.29, 1.82) is 0 Å². The molecule has 0 radical (unpaired) electrons. The number of carbonyl (C=O) groups excluding carboxylic acids is 2. The molecule has 122 valence electrons. The van der Waals surface area contributed by atoms with Gasteiger partial charge < -0.3 is 15.5 Å². The zero-order valence-corrected chi connectivity index (χ0v) is 13.8. The van der Waals surface area contributed by atoms with Crippen LogP contribution in [0.2, 0.25) is 0 Å². The van der Waals surface area contributed by atoms with E-state index < -0.39 is 0 Å². The van der Waals surface area contributed by atoms with E-state index in [1.165, 1.54) is 0 Å². The van der Waals surface area contributed by atoms with Gasteiger partial charge in [0.15, 0.2) is 0 Å². The van der Waals surface area contributed by atoms with E-state index in [0.29, 0.717) is 18.0 Å². The van der Waals surface area contributed by atoms with Crippen molar-refractivity contribution in [2.75, 3.05) is 13.1 Å². The molecule has 3 rings (SSSR count). The SMILES string of the molecule is Cc1ccc([C@H]2NC(=O)NC3=C2C(=O)N(CCC(C)C)C3)cc1. The van der Waals surface area contributed by atoms with Crippen LogP contribution < -0.4 is 10.6 Å². The summed E-state index contributed by atoms with van der Waals surface area (Å²) in [5, 5.41) is 5.69. The first-order valence-electron chi connectivity index (χ1n) is 8.12. The molecule has 5 heteroatoms. The van der Waals surface area contributed by atoms with Gasteiger partial charge in [-0.15, -0.1) is 0 Å². The summed E-state index contributed by atoms with van der Waals surface area (Å²) in [4.78, 5) is 26.6. The van der Waals surface area contributed by atoms with E-state index in [9.17, 15) is 9.59 Å². The van der Waals surface area contributed by atoms with Gasteiger partial charge in [0.1, 0.15) is 0 Å². The van der Waals surface area contributed by atoms with Crippen LogP contribution in [0.5, 0.6) is 0 Å². The Morgan fingerprint density at radius 1 is 1.22 bits per heavy atom. The second-order valence-corrected chi connectivity index (χ2v) is 6.74. The van der Waals surface area contributed by atoms with Gasteiger partial charge in [0, 0.05) is 6.54 Å². The quantitative estimate of drug-likeness (QED) is 0.897. The van der Waals surface area contributed by atoms with Crippen LogP contribution >= 0.6 is 0 Å². The van der Waals surface area contributed by atoms with Crippen LogP contribution in [0, 0.1) is 12.8 Å². The van der Waals surface area contributed by atoms with E-state index in [0.717, 1.165) is 29.8 Å². The molecule has 0 spiro atoms. The summed E-state index contributed by atoms with van der Waals surface area (Å²) < 4.78 is 0. The highest BCUT2D eigenvalue weighted by molar-refractivity contribution is 6.01. The molecule has 2 N–H and O–H groups in total. The van der Waals surface area contributed by atoms with Crippen LogP contribution in [0.4, 0.5) is 4.79 Å². The molecule has 2 aliphatic rings. The minimum absolute atomic E-state index is 0.0266. The summed E-state index contributed by atoms with van der Waals surface area (Å²) in [5.41, 5.74) is 3.52. The summed E-state index contributed by atoms with van der Waals surface area (Å²) >= 11 is 0. The summed E-state index contributed by atoms with van der Waals surface area (Å²) in [6.45, 7) is 7.53. The van der Waals surface area contributed by atoms with Crippen molar-refractivity contribution < 1.29 is 9.59 Å². The molecule has 3 amide bonds. The highest BCUT2D eigenvalue weighted by Crippen LogP contribution is 2.32. The third-order valence-electron chi connectivity index (χ3n) is 4.41. The first-order chi connectivity index (χ1) is 11.0. The molecule has 0 aliphatic carbocycles. The zero-order chi connectivity index (χ0) is 16.6. The van der Waals surface area contributed by atoms with Gasteiger partial charge >= 0.3 is 6.03 Å². The third kappa shape index (κ3) is 3.09. The number of benzene rings is 1. The molecule has 0 fully saturated rings. The maximum atomic E-state index is 12.8. The van der Waals surface area contributed by atoms with E-state index in [1.807, 2.05) is 36.1 Å². The van der Waals surface area contributed by atoms with Crippen molar-refractivity contribution in [2.24, 2.45) is 5.92 Å². The topological polar surface area (TPSA) is 61.4 Å². The summed E-state index contributed by atoms with van der Waals surface area (Å²) in [6.07, 6.45) is 0.961. The number of nitrogens with one attached hydrogen (secondary N) is 2. The van der Waals surface area contributed by atoms with Crippen LogP contribution in [-0.4, -0.2) is 29.9 Å². The number of hydrogen-bond donors (Lipinski definition) is 2. The standard InChI is InChI=1S/C18H23N3O2/c1-11(2)8-9-21-10-14-15(17(21)22)16(20-18(23)19-14)13-6-4-12(3)5-7-13/h4-7,11,16H,8-10H2,1-3H3,(H2,19,20,23)/t16-/m1/s1. The largest absolute Gasteiger partial charge is 0.333 e. The van der Waals surface area contributed by atoms with Crippen LogP contribution in [-0.2, 0) is 4.79 Å². The molecule has 1 aromatic carbocycles. The lowest BCUT2D eigenvalue weighted by Gasteiger charge is -2.25. The Labute approximate surface area is 136 Å². The summed E-state index contributed by atoms with van der Waals surface area (Å²) in [6, 6.07) is 7.34. The van der Waals surface area contributed by atoms with Gasteiger partial charge in [0.05, 0.1) is 23.9 Å². The molecule has 1 atom stereocenters. The lowest BCUT2D eigenvalue weighted by molar-refractivity contribution is -0.125. The Hall–Kier alpha value is -2.30. The Morgan fingerprint density at radius 3 is 2.57 bits per heavy atom. The van der Waals surface area contributed by atoms with Gasteiger partial charge in [-0.1, -0.05) is 43.7 Å². The molecule has 0 aromatic heterocycles. The summed E-state index contributed by atoms with van der Waals surface area (Å²) in [5.74, 6) is 0.569. The number of hydrogen-bond acceptors (Lipinski definition) is 2. The number of amides is 3. The fraction of sp³-hybridized carbons (Fsp3) is 0.444. The zero-order valence-electron chi connectivity index (χ0n) is 13.8. The maximum Gasteiger partial charge on any atom is 0.319 e. The first-order valence-corrected chi connectivity index (χ1v) is 8.12. The average Bonchev–Trinajstić information content (AvgIpc) is 2.81.